The van der Waals surface area contributed by atoms with Crippen molar-refractivity contribution in [2.45, 2.75) is 18.9 Å². The fourth-order valence-corrected chi connectivity index (χ4v) is 3.62. The molecule has 4 bridgehead atoms. The van der Waals surface area contributed by atoms with E-state index in [0.29, 0.717) is 17.8 Å². The first-order chi connectivity index (χ1) is 5.18. The Morgan fingerprint density at radius 3 is 2.42 bits per heavy atom. The SMILES string of the molecule is Cl.NC1C2CC3C1C3(C(=O)O)C2. The smallest absolute Gasteiger partial charge is 0.310 e. The normalized spacial score (nSPS) is 58.1. The zero-order chi connectivity index (χ0) is 7.80. The van der Waals surface area contributed by atoms with Gasteiger partial charge in [-0.1, -0.05) is 0 Å². The Labute approximate surface area is 76.7 Å². The lowest BCUT2D eigenvalue weighted by Crippen LogP contribution is -2.24. The second-order valence-electron chi connectivity index (χ2n) is 4.26. The van der Waals surface area contributed by atoms with E-state index in [-0.39, 0.29) is 23.9 Å². The van der Waals surface area contributed by atoms with E-state index in [1.54, 1.807) is 0 Å². The molecule has 0 aromatic heterocycles. The van der Waals surface area contributed by atoms with Gasteiger partial charge in [-0.25, -0.2) is 0 Å². The summed E-state index contributed by atoms with van der Waals surface area (Å²) in [6.45, 7) is 0. The summed E-state index contributed by atoms with van der Waals surface area (Å²) in [6, 6.07) is 0.205. The highest BCUT2D eigenvalue weighted by Gasteiger charge is 2.81. The van der Waals surface area contributed by atoms with Crippen molar-refractivity contribution in [1.29, 1.82) is 0 Å². The van der Waals surface area contributed by atoms with Gasteiger partial charge in [-0.05, 0) is 30.6 Å². The van der Waals surface area contributed by atoms with Crippen molar-refractivity contribution in [2.75, 3.05) is 0 Å². The van der Waals surface area contributed by atoms with E-state index in [9.17, 15) is 4.79 Å². The van der Waals surface area contributed by atoms with Gasteiger partial charge in [-0.2, -0.15) is 0 Å². The van der Waals surface area contributed by atoms with Crippen LogP contribution in [0.1, 0.15) is 12.8 Å². The average Bonchev–Trinajstić information content (AvgIpc) is 2.32. The first-order valence-corrected chi connectivity index (χ1v) is 4.17. The summed E-state index contributed by atoms with van der Waals surface area (Å²) in [7, 11) is 0. The lowest BCUT2D eigenvalue weighted by molar-refractivity contribution is -0.143. The molecule has 3 N–H and O–H groups in total. The molecule has 3 nitrogen and oxygen atoms in total. The van der Waals surface area contributed by atoms with Crippen molar-refractivity contribution in [3.8, 4) is 0 Å². The number of hydrogen-bond donors (Lipinski definition) is 2. The Morgan fingerprint density at radius 1 is 1.58 bits per heavy atom. The molecule has 4 heteroatoms. The minimum absolute atomic E-state index is 0. The fraction of sp³-hybridized carbons (Fsp3) is 0.875. The Balaban J connectivity index is 0.000000563. The molecule has 0 amide bonds. The summed E-state index contributed by atoms with van der Waals surface area (Å²) in [5.74, 6) is 0.717. The molecule has 0 aliphatic heterocycles. The number of nitrogens with two attached hydrogens (primary N) is 1. The molecule has 0 spiro atoms. The van der Waals surface area contributed by atoms with Gasteiger partial charge in [0.15, 0.2) is 0 Å². The van der Waals surface area contributed by atoms with Crippen LogP contribution in [0.2, 0.25) is 0 Å². The molecule has 4 fully saturated rings. The van der Waals surface area contributed by atoms with Crippen LogP contribution in [0.15, 0.2) is 0 Å². The monoisotopic (exact) mass is 189 g/mol. The average molecular weight is 190 g/mol. The van der Waals surface area contributed by atoms with Gasteiger partial charge in [0.05, 0.1) is 5.41 Å². The molecule has 5 atom stereocenters. The number of hydrogen-bond acceptors (Lipinski definition) is 2. The van der Waals surface area contributed by atoms with Gasteiger partial charge in [-0.3, -0.25) is 4.79 Å². The number of carboxylic acids is 1. The maximum absolute atomic E-state index is 10.9. The van der Waals surface area contributed by atoms with Crippen LogP contribution in [0.5, 0.6) is 0 Å². The summed E-state index contributed by atoms with van der Waals surface area (Å²) < 4.78 is 0. The largest absolute Gasteiger partial charge is 0.481 e. The maximum Gasteiger partial charge on any atom is 0.310 e. The van der Waals surface area contributed by atoms with E-state index in [0.717, 1.165) is 12.8 Å². The molecule has 4 aliphatic carbocycles. The second kappa shape index (κ2) is 1.96. The minimum atomic E-state index is -0.594. The summed E-state index contributed by atoms with van der Waals surface area (Å²) >= 11 is 0. The molecule has 4 rings (SSSR count). The van der Waals surface area contributed by atoms with Gasteiger partial charge in [0, 0.05) is 6.04 Å². The van der Waals surface area contributed by atoms with E-state index in [2.05, 4.69) is 0 Å². The van der Waals surface area contributed by atoms with Crippen molar-refractivity contribution in [3.63, 3.8) is 0 Å². The topological polar surface area (TPSA) is 63.3 Å². The first-order valence-electron chi connectivity index (χ1n) is 4.17. The number of aliphatic carboxylic acids is 1. The number of rotatable bonds is 1. The Hall–Kier alpha value is -0.280. The molecular formula is C8H12ClNO2. The van der Waals surface area contributed by atoms with Crippen LogP contribution in [0.4, 0.5) is 0 Å². The Bertz CT molecular complexity index is 257. The maximum atomic E-state index is 10.9. The zero-order valence-electron chi connectivity index (χ0n) is 6.56. The molecule has 68 valence electrons. The van der Waals surface area contributed by atoms with Gasteiger partial charge in [0.2, 0.25) is 0 Å². The van der Waals surface area contributed by atoms with Crippen LogP contribution in [-0.4, -0.2) is 17.1 Å². The van der Waals surface area contributed by atoms with Crippen molar-refractivity contribution in [3.05, 3.63) is 0 Å². The zero-order valence-corrected chi connectivity index (χ0v) is 7.38. The first kappa shape index (κ1) is 8.32. The lowest BCUT2D eigenvalue weighted by Gasteiger charge is -2.04. The third kappa shape index (κ3) is 0.548. The fourth-order valence-electron chi connectivity index (χ4n) is 3.62. The van der Waals surface area contributed by atoms with E-state index in [1.807, 2.05) is 0 Å². The molecule has 0 aromatic carbocycles. The van der Waals surface area contributed by atoms with Crippen LogP contribution >= 0.6 is 12.4 Å². The third-order valence-corrected chi connectivity index (χ3v) is 4.09. The second-order valence-corrected chi connectivity index (χ2v) is 4.26. The Kier molecular flexibility index (Phi) is 1.36. The molecule has 4 saturated carbocycles. The quantitative estimate of drug-likeness (QED) is 0.631. The molecule has 5 unspecified atom stereocenters. The van der Waals surface area contributed by atoms with E-state index in [1.165, 1.54) is 0 Å². The van der Waals surface area contributed by atoms with Crippen LogP contribution in [-0.2, 0) is 4.79 Å². The van der Waals surface area contributed by atoms with Crippen LogP contribution in [0, 0.1) is 23.2 Å². The van der Waals surface area contributed by atoms with Crippen LogP contribution in [0.3, 0.4) is 0 Å². The highest BCUT2D eigenvalue weighted by atomic mass is 35.5. The highest BCUT2D eigenvalue weighted by molar-refractivity contribution is 5.85. The van der Waals surface area contributed by atoms with E-state index in [4.69, 9.17) is 10.8 Å². The molecule has 4 aliphatic rings. The number of halogens is 1. The van der Waals surface area contributed by atoms with Gasteiger partial charge in [0.1, 0.15) is 0 Å². The van der Waals surface area contributed by atoms with Crippen molar-refractivity contribution in [2.24, 2.45) is 28.9 Å². The molecular weight excluding hydrogens is 178 g/mol. The molecule has 0 heterocycles. The van der Waals surface area contributed by atoms with Crippen LogP contribution in [0.25, 0.3) is 0 Å². The number of carboxylic acid groups (broad SMARTS) is 1. The summed E-state index contributed by atoms with van der Waals surface area (Å²) in [5.41, 5.74) is 5.52. The summed E-state index contributed by atoms with van der Waals surface area (Å²) in [6.07, 6.45) is 1.94. The highest BCUT2D eigenvalue weighted by Crippen LogP contribution is 2.78. The summed E-state index contributed by atoms with van der Waals surface area (Å²) in [4.78, 5) is 10.9. The molecule has 12 heavy (non-hydrogen) atoms. The van der Waals surface area contributed by atoms with E-state index < -0.39 is 5.97 Å². The van der Waals surface area contributed by atoms with Crippen molar-refractivity contribution >= 4 is 18.4 Å². The summed E-state index contributed by atoms with van der Waals surface area (Å²) in [5, 5.41) is 8.97. The molecule has 0 radical (unpaired) electrons. The third-order valence-electron chi connectivity index (χ3n) is 4.09. The van der Waals surface area contributed by atoms with Gasteiger partial charge in [0.25, 0.3) is 0 Å². The van der Waals surface area contributed by atoms with E-state index >= 15 is 0 Å². The number of carbonyl (C=O) groups is 1. The van der Waals surface area contributed by atoms with Crippen molar-refractivity contribution < 1.29 is 9.90 Å². The standard InChI is InChI=1S/C8H11NO2.ClH/c9-6-3-1-4-5(6)8(4,2-3)7(10)11;/h3-6H,1-2,9H2,(H,10,11);1H. The van der Waals surface area contributed by atoms with Crippen molar-refractivity contribution in [1.82, 2.24) is 0 Å². The van der Waals surface area contributed by atoms with Crippen LogP contribution < -0.4 is 5.73 Å². The van der Waals surface area contributed by atoms with Gasteiger partial charge < -0.3 is 10.8 Å². The molecule has 0 saturated heterocycles. The van der Waals surface area contributed by atoms with Gasteiger partial charge in [-0.15, -0.1) is 12.4 Å². The molecule has 0 aromatic rings. The lowest BCUT2D eigenvalue weighted by atomic mass is 10.1. The minimum Gasteiger partial charge on any atom is -0.481 e. The Morgan fingerprint density at radius 2 is 2.25 bits per heavy atom. The van der Waals surface area contributed by atoms with Gasteiger partial charge >= 0.3 is 5.97 Å². The predicted molar refractivity (Wildman–Crippen MR) is 45.0 cm³/mol. The predicted octanol–water partition coefficient (Wildman–Crippen LogP) is 0.476.